The number of nitrogen functional groups attached to an aromatic ring is 1. The summed E-state index contributed by atoms with van der Waals surface area (Å²) in [5.74, 6) is 0. The van der Waals surface area contributed by atoms with E-state index < -0.39 is 6.16 Å². The van der Waals surface area contributed by atoms with Crippen LogP contribution >= 0.6 is 0 Å². The lowest BCUT2D eigenvalue weighted by Crippen LogP contribution is -2.26. The highest BCUT2D eigenvalue weighted by Crippen LogP contribution is 2.40. The second kappa shape index (κ2) is 7.34. The average molecular weight is 410 g/mol. The molecule has 1 aromatic carbocycles. The van der Waals surface area contributed by atoms with Gasteiger partial charge >= 0.3 is 6.16 Å². The van der Waals surface area contributed by atoms with Gasteiger partial charge < -0.3 is 30.2 Å². The number of aliphatic hydroxyl groups excluding tert-OH is 1. The van der Waals surface area contributed by atoms with Crippen molar-refractivity contribution < 1.29 is 19.7 Å². The summed E-state index contributed by atoms with van der Waals surface area (Å²) in [5, 5.41) is 19.1. The topological polar surface area (TPSA) is 131 Å². The molecule has 30 heavy (non-hydrogen) atoms. The Kier molecular flexibility index (Phi) is 4.83. The Morgan fingerprint density at radius 2 is 2.13 bits per heavy atom. The number of carboxylic acid groups (broad SMARTS) is 1. The minimum absolute atomic E-state index is 0.0277. The summed E-state index contributed by atoms with van der Waals surface area (Å²) in [7, 11) is 1.87. The Labute approximate surface area is 171 Å². The van der Waals surface area contributed by atoms with Crippen LogP contribution in [0.3, 0.4) is 0 Å². The number of nitrogens with zero attached hydrogens (tertiary/aromatic N) is 3. The molecule has 0 atom stereocenters. The van der Waals surface area contributed by atoms with E-state index in [1.165, 1.54) is 0 Å². The van der Waals surface area contributed by atoms with E-state index >= 15 is 0 Å². The first kappa shape index (κ1) is 19.7. The fourth-order valence-corrected chi connectivity index (χ4v) is 3.99. The molecular weight excluding hydrogens is 388 g/mol. The van der Waals surface area contributed by atoms with Gasteiger partial charge in [-0.15, -0.1) is 0 Å². The number of pyridine rings is 2. The van der Waals surface area contributed by atoms with Crippen molar-refractivity contribution in [2.45, 2.75) is 20.1 Å². The van der Waals surface area contributed by atoms with Gasteiger partial charge in [-0.3, -0.25) is 4.79 Å². The van der Waals surface area contributed by atoms with E-state index in [9.17, 15) is 14.7 Å². The molecule has 0 unspecified atom stereocenters. The molecule has 3 heterocycles. The summed E-state index contributed by atoms with van der Waals surface area (Å²) in [4.78, 5) is 30.6. The Bertz CT molecular complexity index is 1230. The third-order valence-corrected chi connectivity index (χ3v) is 5.42. The van der Waals surface area contributed by atoms with Crippen molar-refractivity contribution in [3.8, 4) is 11.4 Å². The van der Waals surface area contributed by atoms with Gasteiger partial charge in [0.25, 0.3) is 5.56 Å². The molecule has 1 aliphatic rings. The van der Waals surface area contributed by atoms with Gasteiger partial charge in [0.05, 0.1) is 41.3 Å². The highest BCUT2D eigenvalue weighted by Gasteiger charge is 2.29. The Hall–Kier alpha value is -3.59. The van der Waals surface area contributed by atoms with E-state index in [1.54, 1.807) is 17.6 Å². The minimum atomic E-state index is -1.43. The molecule has 156 valence electrons. The lowest BCUT2D eigenvalue weighted by molar-refractivity contribution is 0.0848. The Balaban J connectivity index is 1.95. The molecule has 0 saturated carbocycles. The zero-order valence-corrected chi connectivity index (χ0v) is 16.7. The molecule has 0 fully saturated rings. The maximum absolute atomic E-state index is 13.1. The van der Waals surface area contributed by atoms with Crippen molar-refractivity contribution in [2.75, 3.05) is 30.8 Å². The molecular formula is C21H22N4O5. The number of aryl methyl sites for hydroxylation is 1. The van der Waals surface area contributed by atoms with Crippen molar-refractivity contribution >= 4 is 28.4 Å². The van der Waals surface area contributed by atoms with Gasteiger partial charge in [0.2, 0.25) is 0 Å². The van der Waals surface area contributed by atoms with Crippen LogP contribution in [0.25, 0.3) is 22.3 Å². The molecule has 0 bridgehead atoms. The van der Waals surface area contributed by atoms with E-state index in [4.69, 9.17) is 15.8 Å². The van der Waals surface area contributed by atoms with E-state index in [-0.39, 0.29) is 25.3 Å². The highest BCUT2D eigenvalue weighted by molar-refractivity contribution is 5.98. The van der Waals surface area contributed by atoms with Crippen LogP contribution < -0.4 is 16.2 Å². The number of rotatable bonds is 5. The number of carbonyl (C=O) groups is 1. The molecule has 0 saturated heterocycles. The summed E-state index contributed by atoms with van der Waals surface area (Å²) in [6, 6.07) is 7.29. The van der Waals surface area contributed by atoms with Crippen molar-refractivity contribution in [1.82, 2.24) is 9.55 Å². The largest absolute Gasteiger partial charge is 0.506 e. The molecule has 2 aromatic heterocycles. The molecule has 0 spiro atoms. The smallest absolute Gasteiger partial charge is 0.450 e. The summed E-state index contributed by atoms with van der Waals surface area (Å²) in [6.07, 6.45) is -1.43. The number of fused-ring (bicyclic) bond motifs is 4. The van der Waals surface area contributed by atoms with Gasteiger partial charge in [-0.25, -0.2) is 9.78 Å². The van der Waals surface area contributed by atoms with Gasteiger partial charge in [-0.05, 0) is 36.8 Å². The van der Waals surface area contributed by atoms with Crippen LogP contribution in [-0.2, 0) is 17.9 Å². The van der Waals surface area contributed by atoms with Crippen molar-refractivity contribution in [1.29, 1.82) is 0 Å². The molecule has 0 aliphatic carbocycles. The summed E-state index contributed by atoms with van der Waals surface area (Å²) in [6.45, 7) is 2.11. The number of benzene rings is 1. The van der Waals surface area contributed by atoms with Crippen LogP contribution in [0.2, 0.25) is 0 Å². The zero-order valence-electron chi connectivity index (χ0n) is 16.7. The maximum atomic E-state index is 13.1. The van der Waals surface area contributed by atoms with Gasteiger partial charge in [0.1, 0.15) is 6.61 Å². The molecule has 3 aromatic rings. The van der Waals surface area contributed by atoms with E-state index in [0.29, 0.717) is 34.7 Å². The fourth-order valence-electron chi connectivity index (χ4n) is 3.99. The Morgan fingerprint density at radius 1 is 1.37 bits per heavy atom. The van der Waals surface area contributed by atoms with Crippen LogP contribution in [-0.4, -0.2) is 46.1 Å². The average Bonchev–Trinajstić information content (AvgIpc) is 3.04. The van der Waals surface area contributed by atoms with E-state index in [1.807, 2.05) is 30.1 Å². The van der Waals surface area contributed by atoms with Crippen LogP contribution in [0.15, 0.2) is 29.1 Å². The molecule has 9 heteroatoms. The van der Waals surface area contributed by atoms with Gasteiger partial charge in [-0.2, -0.15) is 0 Å². The second-order valence-corrected chi connectivity index (χ2v) is 7.35. The normalized spacial score (nSPS) is 12.0. The van der Waals surface area contributed by atoms with Gasteiger partial charge in [0, 0.05) is 30.2 Å². The lowest BCUT2D eigenvalue weighted by atomic mass is 10.0. The standard InChI is InChI=1S/C21H22N4O5/c1-11-7-17-18-14(9-25(17)20(27)15(11)10-30-21(28)29)19(24(2)5-6-26)13-8-12(22)3-4-16(13)23-18/h3-4,7-8,26H,5-6,9-10,22H2,1-2H3,(H,28,29). The first-order chi connectivity index (χ1) is 14.3. The first-order valence-electron chi connectivity index (χ1n) is 9.45. The number of hydrogen-bond acceptors (Lipinski definition) is 7. The van der Waals surface area contributed by atoms with Crippen molar-refractivity contribution in [3.05, 3.63) is 51.3 Å². The molecule has 4 N–H and O–H groups in total. The molecule has 0 amide bonds. The van der Waals surface area contributed by atoms with Crippen LogP contribution in [0.1, 0.15) is 16.7 Å². The number of likely N-dealkylation sites (N-methyl/N-ethyl adjacent to an activating group) is 1. The molecule has 4 rings (SSSR count). The van der Waals surface area contributed by atoms with Gasteiger partial charge in [0.15, 0.2) is 0 Å². The summed E-state index contributed by atoms with van der Waals surface area (Å²) >= 11 is 0. The highest BCUT2D eigenvalue weighted by atomic mass is 16.7. The Morgan fingerprint density at radius 3 is 2.83 bits per heavy atom. The maximum Gasteiger partial charge on any atom is 0.506 e. The van der Waals surface area contributed by atoms with E-state index in [2.05, 4.69) is 4.74 Å². The summed E-state index contributed by atoms with van der Waals surface area (Å²) in [5.41, 5.74) is 11.1. The number of anilines is 2. The number of aliphatic hydroxyl groups is 1. The third-order valence-electron chi connectivity index (χ3n) is 5.42. The number of aromatic nitrogens is 2. The molecule has 0 radical (unpaired) electrons. The molecule has 1 aliphatic heterocycles. The van der Waals surface area contributed by atoms with Gasteiger partial charge in [-0.1, -0.05) is 0 Å². The van der Waals surface area contributed by atoms with Crippen molar-refractivity contribution in [3.63, 3.8) is 0 Å². The quantitative estimate of drug-likeness (QED) is 0.336. The third kappa shape index (κ3) is 3.13. The summed E-state index contributed by atoms with van der Waals surface area (Å²) < 4.78 is 6.22. The molecule has 9 nitrogen and oxygen atoms in total. The predicted octanol–water partition coefficient (Wildman–Crippen LogP) is 1.94. The predicted molar refractivity (Wildman–Crippen MR) is 113 cm³/mol. The number of nitrogens with two attached hydrogens (primary N) is 1. The lowest BCUT2D eigenvalue weighted by Gasteiger charge is -2.23. The van der Waals surface area contributed by atoms with Crippen LogP contribution in [0, 0.1) is 6.92 Å². The van der Waals surface area contributed by atoms with Crippen LogP contribution in [0.5, 0.6) is 0 Å². The SMILES string of the molecule is Cc1cc2n(c(=O)c1COC(=O)O)Cc1c-2nc2ccc(N)cc2c1N(C)CCO. The fraction of sp³-hybridized carbons (Fsp3) is 0.286. The number of hydrogen-bond donors (Lipinski definition) is 3. The minimum Gasteiger partial charge on any atom is -0.450 e. The first-order valence-corrected chi connectivity index (χ1v) is 9.45. The monoisotopic (exact) mass is 410 g/mol. The zero-order chi connectivity index (χ0) is 21.6. The van der Waals surface area contributed by atoms with Crippen LogP contribution in [0.4, 0.5) is 16.2 Å². The second-order valence-electron chi connectivity index (χ2n) is 7.35. The van der Waals surface area contributed by atoms with Crippen molar-refractivity contribution in [2.24, 2.45) is 0 Å². The number of ether oxygens (including phenoxy) is 1. The van der Waals surface area contributed by atoms with E-state index in [0.717, 1.165) is 22.2 Å².